The van der Waals surface area contributed by atoms with Crippen LogP contribution in [0, 0.1) is 0 Å². The molecule has 1 aliphatic rings. The predicted octanol–water partition coefficient (Wildman–Crippen LogP) is 9.45. The van der Waals surface area contributed by atoms with Gasteiger partial charge in [-0.15, -0.1) is 11.3 Å². The molecule has 4 nitrogen and oxygen atoms in total. The minimum Gasteiger partial charge on any atom is -0.455 e. The van der Waals surface area contributed by atoms with Crippen molar-refractivity contribution in [1.29, 1.82) is 0 Å². The van der Waals surface area contributed by atoms with E-state index >= 15 is 0 Å². The number of thiophene rings is 1. The van der Waals surface area contributed by atoms with Crippen LogP contribution >= 0.6 is 11.3 Å². The van der Waals surface area contributed by atoms with Crippen LogP contribution in [-0.4, -0.2) is 0 Å². The van der Waals surface area contributed by atoms with Crippen molar-refractivity contribution in [3.8, 4) is 11.1 Å². The highest BCUT2D eigenvalue weighted by Gasteiger charge is 2.26. The molecule has 5 heteroatoms. The fourth-order valence-corrected chi connectivity index (χ4v) is 8.04. The van der Waals surface area contributed by atoms with Crippen molar-refractivity contribution in [3.63, 3.8) is 0 Å². The Morgan fingerprint density at radius 3 is 2.18 bits per heavy atom. The smallest absolute Gasteiger partial charge is 0.177 e. The average molecular weight is 597 g/mol. The van der Waals surface area contributed by atoms with E-state index in [4.69, 9.17) is 13.8 Å². The second kappa shape index (κ2) is 9.42. The largest absolute Gasteiger partial charge is 0.455 e. The summed E-state index contributed by atoms with van der Waals surface area (Å²) in [7, 11) is 0. The zero-order valence-corrected chi connectivity index (χ0v) is 24.8. The van der Waals surface area contributed by atoms with E-state index < -0.39 is 0 Å². The summed E-state index contributed by atoms with van der Waals surface area (Å²) in [6.45, 7) is 0. The SMILES string of the molecule is c1ccc(-c2cccc(C3N=c4c(oc5ccccc45)=C(c4cc5c6ccccc6oc5c5c4sc4ccccc45)N3)c2)cc1. The highest BCUT2D eigenvalue weighted by Crippen LogP contribution is 2.45. The normalized spacial score (nSPS) is 14.8. The summed E-state index contributed by atoms with van der Waals surface area (Å²) in [6.07, 6.45) is -0.307. The van der Waals surface area contributed by atoms with E-state index in [0.717, 1.165) is 76.2 Å². The first-order valence-electron chi connectivity index (χ1n) is 15.1. The maximum absolute atomic E-state index is 6.63. The lowest BCUT2D eigenvalue weighted by atomic mass is 9.99. The third-order valence-corrected chi connectivity index (χ3v) is 10.1. The molecule has 0 saturated heterocycles. The first-order chi connectivity index (χ1) is 22.3. The van der Waals surface area contributed by atoms with Gasteiger partial charge in [-0.2, -0.15) is 0 Å². The first-order valence-corrected chi connectivity index (χ1v) is 15.9. The second-order valence-corrected chi connectivity index (χ2v) is 12.6. The first kappa shape index (κ1) is 24.8. The Morgan fingerprint density at radius 1 is 0.600 bits per heavy atom. The van der Waals surface area contributed by atoms with Crippen molar-refractivity contribution < 1.29 is 8.83 Å². The molecule has 212 valence electrons. The van der Waals surface area contributed by atoms with Gasteiger partial charge in [0.25, 0.3) is 0 Å². The number of hydrogen-bond donors (Lipinski definition) is 1. The molecule has 9 aromatic rings. The summed E-state index contributed by atoms with van der Waals surface area (Å²) in [5.41, 5.74) is 8.85. The predicted molar refractivity (Wildman–Crippen MR) is 184 cm³/mol. The third-order valence-electron chi connectivity index (χ3n) is 8.90. The highest BCUT2D eigenvalue weighted by atomic mass is 32.1. The summed E-state index contributed by atoms with van der Waals surface area (Å²) < 4.78 is 15.6. The van der Waals surface area contributed by atoms with Crippen LogP contribution in [0.25, 0.3) is 69.9 Å². The molecule has 6 aromatic carbocycles. The molecule has 0 radical (unpaired) electrons. The molecule has 0 bridgehead atoms. The van der Waals surface area contributed by atoms with E-state index in [1.54, 1.807) is 11.3 Å². The maximum Gasteiger partial charge on any atom is 0.177 e. The standard InChI is InChI=1S/C40H24N2O2S/c1-2-11-23(12-3-1)24-13-10-14-25(21-24)40-41-35-27-16-5-8-19-32(27)44-38(35)36(42-40)30-22-29-26-15-4-7-18-31(26)43-37(29)34-28-17-6-9-20-33(28)45-39(30)34/h1-22,40,42H. The Morgan fingerprint density at radius 2 is 1.31 bits per heavy atom. The Labute approximate surface area is 261 Å². The fraction of sp³-hybridized carbons (Fsp3) is 0.0250. The number of hydrogen-bond acceptors (Lipinski definition) is 5. The number of furan rings is 2. The van der Waals surface area contributed by atoms with Crippen molar-refractivity contribution in [1.82, 2.24) is 5.32 Å². The minimum atomic E-state index is -0.307. The minimum absolute atomic E-state index is 0.307. The molecular formula is C40H24N2O2S. The van der Waals surface area contributed by atoms with E-state index in [-0.39, 0.29) is 6.17 Å². The zero-order valence-electron chi connectivity index (χ0n) is 24.0. The molecule has 4 heterocycles. The summed E-state index contributed by atoms with van der Waals surface area (Å²) in [4.78, 5) is 5.30. The van der Waals surface area contributed by atoms with E-state index in [2.05, 4.69) is 102 Å². The van der Waals surface area contributed by atoms with Crippen LogP contribution in [0.2, 0.25) is 0 Å². The Bertz CT molecular complexity index is 2750. The summed E-state index contributed by atoms with van der Waals surface area (Å²) in [5.74, 6) is 0. The van der Waals surface area contributed by atoms with Gasteiger partial charge < -0.3 is 14.2 Å². The summed E-state index contributed by atoms with van der Waals surface area (Å²) in [5, 5.41) is 10.3. The van der Waals surface area contributed by atoms with Crippen molar-refractivity contribution in [2.45, 2.75) is 6.17 Å². The van der Waals surface area contributed by atoms with Crippen LogP contribution in [0.5, 0.6) is 0 Å². The van der Waals surface area contributed by atoms with Gasteiger partial charge >= 0.3 is 0 Å². The maximum atomic E-state index is 6.63. The van der Waals surface area contributed by atoms with Gasteiger partial charge in [0.2, 0.25) is 0 Å². The lowest BCUT2D eigenvalue weighted by molar-refractivity contribution is 0.535. The van der Waals surface area contributed by atoms with Crippen LogP contribution < -0.4 is 16.1 Å². The van der Waals surface area contributed by atoms with Gasteiger partial charge in [0, 0.05) is 41.9 Å². The third kappa shape index (κ3) is 3.68. The monoisotopic (exact) mass is 596 g/mol. The van der Waals surface area contributed by atoms with Crippen molar-refractivity contribution in [2.75, 3.05) is 0 Å². The molecule has 0 saturated carbocycles. The lowest BCUT2D eigenvalue weighted by Crippen LogP contribution is -2.38. The van der Waals surface area contributed by atoms with Crippen LogP contribution in [0.3, 0.4) is 0 Å². The van der Waals surface area contributed by atoms with Gasteiger partial charge in [-0.05, 0) is 53.1 Å². The molecule has 0 fully saturated rings. The topological polar surface area (TPSA) is 50.7 Å². The number of rotatable bonds is 3. The number of para-hydroxylation sites is 2. The van der Waals surface area contributed by atoms with Crippen molar-refractivity contribution >= 4 is 70.1 Å². The quantitative estimate of drug-likeness (QED) is 0.221. The molecule has 1 atom stereocenters. The molecule has 1 N–H and O–H groups in total. The molecule has 1 unspecified atom stereocenters. The molecule has 1 aliphatic heterocycles. The number of benzene rings is 6. The number of nitrogens with zero attached hydrogens (tertiary/aromatic N) is 1. The Balaban J connectivity index is 1.29. The fourth-order valence-electron chi connectivity index (χ4n) is 6.82. The Kier molecular flexibility index (Phi) is 5.18. The zero-order chi connectivity index (χ0) is 29.5. The molecule has 0 aliphatic carbocycles. The van der Waals surface area contributed by atoms with Crippen LogP contribution in [-0.2, 0) is 0 Å². The van der Waals surface area contributed by atoms with E-state index in [9.17, 15) is 0 Å². The van der Waals surface area contributed by atoms with Gasteiger partial charge in [-0.1, -0.05) is 97.1 Å². The van der Waals surface area contributed by atoms with Gasteiger partial charge in [0.15, 0.2) is 5.42 Å². The van der Waals surface area contributed by atoms with Crippen molar-refractivity contribution in [2.24, 2.45) is 4.99 Å². The summed E-state index contributed by atoms with van der Waals surface area (Å²) >= 11 is 1.79. The van der Waals surface area contributed by atoms with Gasteiger partial charge in [-0.3, -0.25) is 4.99 Å². The van der Waals surface area contributed by atoms with E-state index in [1.807, 2.05) is 36.4 Å². The van der Waals surface area contributed by atoms with Gasteiger partial charge in [0.1, 0.15) is 28.3 Å². The Hall–Kier alpha value is -5.65. The van der Waals surface area contributed by atoms with Gasteiger partial charge in [0.05, 0.1) is 5.70 Å². The second-order valence-electron chi connectivity index (χ2n) is 11.5. The molecular weight excluding hydrogens is 573 g/mol. The molecule has 3 aromatic heterocycles. The van der Waals surface area contributed by atoms with E-state index in [0.29, 0.717) is 0 Å². The van der Waals surface area contributed by atoms with Crippen LogP contribution in [0.15, 0.2) is 147 Å². The number of nitrogens with one attached hydrogen (secondary N) is 1. The van der Waals surface area contributed by atoms with Crippen LogP contribution in [0.1, 0.15) is 17.3 Å². The molecule has 0 amide bonds. The van der Waals surface area contributed by atoms with Crippen LogP contribution in [0.4, 0.5) is 0 Å². The average Bonchev–Trinajstić information content (AvgIpc) is 3.79. The molecule has 10 rings (SSSR count). The molecule has 45 heavy (non-hydrogen) atoms. The van der Waals surface area contributed by atoms with Gasteiger partial charge in [-0.25, -0.2) is 0 Å². The highest BCUT2D eigenvalue weighted by molar-refractivity contribution is 7.26. The lowest BCUT2D eigenvalue weighted by Gasteiger charge is -2.22. The number of fused-ring (bicyclic) bond motifs is 10. The van der Waals surface area contributed by atoms with E-state index in [1.165, 1.54) is 15.6 Å². The molecule has 0 spiro atoms. The summed E-state index contributed by atoms with van der Waals surface area (Å²) in [6, 6.07) is 46.5. The van der Waals surface area contributed by atoms with Crippen molar-refractivity contribution in [3.05, 3.63) is 155 Å².